The Bertz CT molecular complexity index is 505. The van der Waals surface area contributed by atoms with Crippen molar-refractivity contribution in [1.29, 1.82) is 0 Å². The van der Waals surface area contributed by atoms with Crippen LogP contribution in [0.5, 0.6) is 0 Å². The van der Waals surface area contributed by atoms with E-state index < -0.39 is 11.6 Å². The van der Waals surface area contributed by atoms with Crippen molar-refractivity contribution in [2.75, 3.05) is 6.54 Å². The van der Waals surface area contributed by atoms with Gasteiger partial charge >= 0.3 is 0 Å². The lowest BCUT2D eigenvalue weighted by Gasteiger charge is -2.04. The highest BCUT2D eigenvalue weighted by Crippen LogP contribution is 2.09. The number of aryl methyl sites for hydroxylation is 1. The van der Waals surface area contributed by atoms with Gasteiger partial charge in [-0.15, -0.1) is 11.3 Å². The molecule has 18 heavy (non-hydrogen) atoms. The van der Waals surface area contributed by atoms with Crippen molar-refractivity contribution in [2.45, 2.75) is 19.9 Å². The van der Waals surface area contributed by atoms with E-state index in [0.717, 1.165) is 29.7 Å². The molecule has 0 aliphatic carbocycles. The second-order valence-corrected chi connectivity index (χ2v) is 5.03. The van der Waals surface area contributed by atoms with Crippen molar-refractivity contribution in [2.24, 2.45) is 0 Å². The molecule has 1 aromatic carbocycles. The molecule has 1 heterocycles. The van der Waals surface area contributed by atoms with Gasteiger partial charge in [-0.3, -0.25) is 0 Å². The monoisotopic (exact) mass is 268 g/mol. The number of hydrogen-bond acceptors (Lipinski definition) is 3. The topological polar surface area (TPSA) is 24.9 Å². The molecule has 96 valence electrons. The number of nitrogens with one attached hydrogen (secondary N) is 1. The quantitative estimate of drug-likeness (QED) is 0.843. The largest absolute Gasteiger partial charge is 0.312 e. The molecule has 5 heteroatoms. The van der Waals surface area contributed by atoms with Crippen LogP contribution in [0.2, 0.25) is 0 Å². The summed E-state index contributed by atoms with van der Waals surface area (Å²) in [5, 5.41) is 6.23. The molecule has 0 amide bonds. The third-order valence-electron chi connectivity index (χ3n) is 2.43. The Morgan fingerprint density at radius 3 is 2.56 bits per heavy atom. The summed E-state index contributed by atoms with van der Waals surface area (Å²) in [5.41, 5.74) is 1.64. The molecular weight excluding hydrogens is 254 g/mol. The summed E-state index contributed by atoms with van der Waals surface area (Å²) in [7, 11) is 0. The van der Waals surface area contributed by atoms with Gasteiger partial charge in [-0.2, -0.15) is 0 Å². The molecule has 0 aliphatic heterocycles. The van der Waals surface area contributed by atoms with E-state index in [4.69, 9.17) is 0 Å². The van der Waals surface area contributed by atoms with Crippen molar-refractivity contribution in [3.05, 3.63) is 51.5 Å². The molecule has 2 aromatic rings. The van der Waals surface area contributed by atoms with Crippen molar-refractivity contribution in [3.63, 3.8) is 0 Å². The average Bonchev–Trinajstić information content (AvgIpc) is 2.69. The number of benzene rings is 1. The van der Waals surface area contributed by atoms with E-state index in [1.807, 2.05) is 12.3 Å². The zero-order valence-electron chi connectivity index (χ0n) is 10.0. The number of rotatable bonds is 5. The van der Waals surface area contributed by atoms with E-state index in [0.29, 0.717) is 12.1 Å². The minimum atomic E-state index is -0.539. The molecule has 0 unspecified atom stereocenters. The van der Waals surface area contributed by atoms with Crippen LogP contribution in [-0.2, 0) is 13.0 Å². The van der Waals surface area contributed by atoms with E-state index in [1.165, 1.54) is 12.1 Å². The highest BCUT2D eigenvalue weighted by Gasteiger charge is 2.01. The van der Waals surface area contributed by atoms with Crippen molar-refractivity contribution < 1.29 is 8.78 Å². The molecule has 0 spiro atoms. The van der Waals surface area contributed by atoms with Crippen LogP contribution < -0.4 is 5.32 Å². The Morgan fingerprint density at radius 2 is 1.94 bits per heavy atom. The summed E-state index contributed by atoms with van der Waals surface area (Å²) >= 11 is 1.63. The first-order valence-electron chi connectivity index (χ1n) is 5.70. The Morgan fingerprint density at radius 1 is 1.22 bits per heavy atom. The van der Waals surface area contributed by atoms with Gasteiger partial charge in [0, 0.05) is 36.7 Å². The molecular formula is C13H14F2N2S. The Labute approximate surface area is 109 Å². The van der Waals surface area contributed by atoms with Crippen LogP contribution in [0.1, 0.15) is 16.3 Å². The second-order valence-electron chi connectivity index (χ2n) is 4.09. The molecule has 1 aromatic heterocycles. The van der Waals surface area contributed by atoms with Crippen LogP contribution in [0.3, 0.4) is 0 Å². The lowest BCUT2D eigenvalue weighted by atomic mass is 10.2. The average molecular weight is 268 g/mol. The van der Waals surface area contributed by atoms with Gasteiger partial charge in [0.05, 0.1) is 5.01 Å². The number of thiazole rings is 1. The predicted octanol–water partition coefficient (Wildman–Crippen LogP) is 3.06. The van der Waals surface area contributed by atoms with Crippen LogP contribution in [0.4, 0.5) is 8.78 Å². The fourth-order valence-corrected chi connectivity index (χ4v) is 2.43. The van der Waals surface area contributed by atoms with Gasteiger partial charge in [-0.25, -0.2) is 13.8 Å². The highest BCUT2D eigenvalue weighted by atomic mass is 32.1. The second kappa shape index (κ2) is 6.02. The van der Waals surface area contributed by atoms with Gasteiger partial charge < -0.3 is 5.32 Å². The van der Waals surface area contributed by atoms with Crippen molar-refractivity contribution in [3.8, 4) is 0 Å². The molecule has 0 bridgehead atoms. The van der Waals surface area contributed by atoms with Gasteiger partial charge in [0.15, 0.2) is 0 Å². The first kappa shape index (κ1) is 13.1. The molecule has 0 fully saturated rings. The van der Waals surface area contributed by atoms with E-state index in [1.54, 1.807) is 11.3 Å². The van der Waals surface area contributed by atoms with Crippen LogP contribution in [0.25, 0.3) is 0 Å². The Balaban J connectivity index is 1.78. The first-order valence-corrected chi connectivity index (χ1v) is 6.58. The molecule has 0 saturated carbocycles. The third-order valence-corrected chi connectivity index (χ3v) is 3.46. The number of aromatic nitrogens is 1. The fourth-order valence-electron chi connectivity index (χ4n) is 1.66. The molecule has 0 aliphatic rings. The van der Waals surface area contributed by atoms with Crippen molar-refractivity contribution in [1.82, 2.24) is 10.3 Å². The lowest BCUT2D eigenvalue weighted by Crippen LogP contribution is -2.16. The van der Waals surface area contributed by atoms with E-state index in [2.05, 4.69) is 10.3 Å². The number of nitrogens with zero attached hydrogens (tertiary/aromatic N) is 1. The molecule has 2 rings (SSSR count). The minimum absolute atomic E-state index is 0.457. The summed E-state index contributed by atoms with van der Waals surface area (Å²) in [6, 6.07) is 3.55. The summed E-state index contributed by atoms with van der Waals surface area (Å²) in [6.07, 6.45) is 0.830. The standard InChI is InChI=1S/C13H14F2N2S/c1-9-8-18-13(17-9)2-3-16-7-10-4-11(14)6-12(15)5-10/h4-6,8,16H,2-3,7H2,1H3. The van der Waals surface area contributed by atoms with E-state index in [9.17, 15) is 8.78 Å². The summed E-state index contributed by atoms with van der Waals surface area (Å²) < 4.78 is 25.9. The summed E-state index contributed by atoms with van der Waals surface area (Å²) in [4.78, 5) is 4.34. The van der Waals surface area contributed by atoms with E-state index >= 15 is 0 Å². The maximum Gasteiger partial charge on any atom is 0.126 e. The van der Waals surface area contributed by atoms with E-state index in [-0.39, 0.29) is 0 Å². The Kier molecular flexibility index (Phi) is 4.38. The van der Waals surface area contributed by atoms with Gasteiger partial charge in [0.25, 0.3) is 0 Å². The predicted molar refractivity (Wildman–Crippen MR) is 68.6 cm³/mol. The van der Waals surface area contributed by atoms with Gasteiger partial charge in [-0.1, -0.05) is 0 Å². The van der Waals surface area contributed by atoms with Gasteiger partial charge in [-0.05, 0) is 24.6 Å². The van der Waals surface area contributed by atoms with Crippen molar-refractivity contribution >= 4 is 11.3 Å². The minimum Gasteiger partial charge on any atom is -0.312 e. The molecule has 0 radical (unpaired) electrons. The van der Waals surface area contributed by atoms with Gasteiger partial charge in [0.1, 0.15) is 11.6 Å². The molecule has 1 N–H and O–H groups in total. The summed E-state index contributed by atoms with van der Waals surface area (Å²) in [6.45, 7) is 3.16. The van der Waals surface area contributed by atoms with Crippen LogP contribution in [0, 0.1) is 18.6 Å². The normalized spacial score (nSPS) is 10.8. The molecule has 0 saturated heterocycles. The smallest absolute Gasteiger partial charge is 0.126 e. The zero-order chi connectivity index (χ0) is 13.0. The molecule has 2 nitrogen and oxygen atoms in total. The first-order chi connectivity index (χ1) is 8.63. The molecule has 0 atom stereocenters. The maximum atomic E-state index is 12.9. The lowest BCUT2D eigenvalue weighted by molar-refractivity contribution is 0.575. The Hall–Kier alpha value is -1.33. The van der Waals surface area contributed by atoms with Crippen LogP contribution in [0.15, 0.2) is 23.6 Å². The summed E-state index contributed by atoms with van der Waals surface area (Å²) in [5.74, 6) is -1.08. The van der Waals surface area contributed by atoms with Gasteiger partial charge in [0.2, 0.25) is 0 Å². The third kappa shape index (κ3) is 3.85. The number of hydrogen-bond donors (Lipinski definition) is 1. The highest BCUT2D eigenvalue weighted by molar-refractivity contribution is 7.09. The zero-order valence-corrected chi connectivity index (χ0v) is 10.9. The maximum absolute atomic E-state index is 12.9. The fraction of sp³-hybridized carbons (Fsp3) is 0.308. The number of halogens is 2. The van der Waals surface area contributed by atoms with Crippen LogP contribution in [-0.4, -0.2) is 11.5 Å². The van der Waals surface area contributed by atoms with Crippen LogP contribution >= 0.6 is 11.3 Å². The SMILES string of the molecule is Cc1csc(CCNCc2cc(F)cc(F)c2)n1.